The van der Waals surface area contributed by atoms with E-state index in [1.54, 1.807) is 6.92 Å². The molecule has 2 rings (SSSR count). The molecule has 0 radical (unpaired) electrons. The van der Waals surface area contributed by atoms with Gasteiger partial charge in [-0.3, -0.25) is 4.79 Å². The zero-order valence-electron chi connectivity index (χ0n) is 10.9. The molecule has 1 N–H and O–H groups in total. The molecule has 112 valence electrons. The number of benzene rings is 1. The van der Waals surface area contributed by atoms with Crippen LogP contribution in [0.25, 0.3) is 11.5 Å². The Morgan fingerprint density at radius 2 is 2.00 bits per heavy atom. The van der Waals surface area contributed by atoms with Crippen LogP contribution in [0.1, 0.15) is 19.2 Å². The fourth-order valence-electron chi connectivity index (χ4n) is 1.80. The van der Waals surface area contributed by atoms with Crippen molar-refractivity contribution < 1.29 is 27.5 Å². The van der Waals surface area contributed by atoms with Crippen LogP contribution in [-0.4, -0.2) is 21.3 Å². The fourth-order valence-corrected chi connectivity index (χ4v) is 1.80. The van der Waals surface area contributed by atoms with Gasteiger partial charge in [0, 0.05) is 12.8 Å². The molecule has 0 fully saturated rings. The lowest BCUT2D eigenvalue weighted by Crippen LogP contribution is -2.07. The van der Waals surface area contributed by atoms with Crippen LogP contribution in [-0.2, 0) is 11.2 Å². The smallest absolute Gasteiger partial charge is 0.303 e. The van der Waals surface area contributed by atoms with Crippen molar-refractivity contribution in [3.63, 3.8) is 0 Å². The second-order valence-electron chi connectivity index (χ2n) is 4.63. The number of hydrogen-bond acceptors (Lipinski definition) is 4. The average Bonchev–Trinajstić information content (AvgIpc) is 2.83. The lowest BCUT2D eigenvalue weighted by atomic mass is 10.0. The molecule has 21 heavy (non-hydrogen) atoms. The first kappa shape index (κ1) is 15.0. The molecule has 0 saturated heterocycles. The van der Waals surface area contributed by atoms with Crippen molar-refractivity contribution in [3.05, 3.63) is 35.5 Å². The monoisotopic (exact) mass is 300 g/mol. The van der Waals surface area contributed by atoms with Crippen molar-refractivity contribution in [2.45, 2.75) is 19.8 Å². The van der Waals surface area contributed by atoms with Gasteiger partial charge in [-0.25, -0.2) is 13.2 Å². The lowest BCUT2D eigenvalue weighted by Gasteiger charge is -2.03. The van der Waals surface area contributed by atoms with Crippen LogP contribution < -0.4 is 0 Å². The van der Waals surface area contributed by atoms with Crippen molar-refractivity contribution in [3.8, 4) is 11.5 Å². The number of nitrogens with zero attached hydrogens (tertiary/aromatic N) is 2. The molecule has 0 saturated carbocycles. The maximum Gasteiger partial charge on any atom is 0.303 e. The van der Waals surface area contributed by atoms with Crippen molar-refractivity contribution in [1.29, 1.82) is 0 Å². The second kappa shape index (κ2) is 5.94. The van der Waals surface area contributed by atoms with Gasteiger partial charge in [0.25, 0.3) is 5.89 Å². The van der Waals surface area contributed by atoms with E-state index in [1.807, 2.05) is 0 Å². The molecule has 0 aliphatic rings. The standard InChI is InChI=1S/C13H11F3N2O3/c1-6(5-10(19)20)4-9-17-18-13(21-9)7-2-3-8(14)12(16)11(7)15/h2-3,6H,4-5H2,1H3,(H,19,20). The molecular weight excluding hydrogens is 289 g/mol. The van der Waals surface area contributed by atoms with Crippen LogP contribution in [0.4, 0.5) is 13.2 Å². The SMILES string of the molecule is CC(CC(=O)O)Cc1nnc(-c2ccc(F)c(F)c2F)o1. The topological polar surface area (TPSA) is 76.2 Å². The third-order valence-corrected chi connectivity index (χ3v) is 2.78. The predicted molar refractivity (Wildman–Crippen MR) is 64.7 cm³/mol. The summed E-state index contributed by atoms with van der Waals surface area (Å²) in [6.07, 6.45) is 0.0991. The Labute approximate surface area is 117 Å². The van der Waals surface area contributed by atoms with Crippen LogP contribution in [0.15, 0.2) is 16.5 Å². The minimum Gasteiger partial charge on any atom is -0.481 e. The first-order valence-electron chi connectivity index (χ1n) is 6.06. The molecular formula is C13H11F3N2O3. The number of aromatic nitrogens is 2. The van der Waals surface area contributed by atoms with Crippen molar-refractivity contribution >= 4 is 5.97 Å². The summed E-state index contributed by atoms with van der Waals surface area (Å²) in [6.45, 7) is 1.68. The van der Waals surface area contributed by atoms with Crippen LogP contribution >= 0.6 is 0 Å². The van der Waals surface area contributed by atoms with Crippen LogP contribution in [0.3, 0.4) is 0 Å². The minimum absolute atomic E-state index is 0.0861. The maximum atomic E-state index is 13.6. The summed E-state index contributed by atoms with van der Waals surface area (Å²) in [4.78, 5) is 10.5. The third kappa shape index (κ3) is 3.39. The summed E-state index contributed by atoms with van der Waals surface area (Å²) in [7, 11) is 0. The van der Waals surface area contributed by atoms with Crippen LogP contribution in [0.5, 0.6) is 0 Å². The Bertz CT molecular complexity index is 673. The van der Waals surface area contributed by atoms with Gasteiger partial charge in [-0.05, 0) is 18.1 Å². The van der Waals surface area contributed by atoms with E-state index in [1.165, 1.54) is 0 Å². The van der Waals surface area contributed by atoms with E-state index < -0.39 is 23.4 Å². The normalized spacial score (nSPS) is 12.4. The average molecular weight is 300 g/mol. The summed E-state index contributed by atoms with van der Waals surface area (Å²) < 4.78 is 44.7. The van der Waals surface area contributed by atoms with Gasteiger partial charge in [-0.2, -0.15) is 0 Å². The third-order valence-electron chi connectivity index (χ3n) is 2.78. The Kier molecular flexibility index (Phi) is 4.25. The van der Waals surface area contributed by atoms with Crippen molar-refractivity contribution in [2.24, 2.45) is 5.92 Å². The van der Waals surface area contributed by atoms with E-state index in [4.69, 9.17) is 9.52 Å². The molecule has 1 unspecified atom stereocenters. The zero-order valence-corrected chi connectivity index (χ0v) is 10.9. The van der Waals surface area contributed by atoms with Crippen molar-refractivity contribution in [1.82, 2.24) is 10.2 Å². The van der Waals surface area contributed by atoms with Gasteiger partial charge in [-0.15, -0.1) is 10.2 Å². The van der Waals surface area contributed by atoms with Crippen LogP contribution in [0.2, 0.25) is 0 Å². The summed E-state index contributed by atoms with van der Waals surface area (Å²) >= 11 is 0. The van der Waals surface area contributed by atoms with Gasteiger partial charge >= 0.3 is 5.97 Å². The number of hydrogen-bond donors (Lipinski definition) is 1. The predicted octanol–water partition coefficient (Wildman–Crippen LogP) is 2.81. The van der Waals surface area contributed by atoms with E-state index in [2.05, 4.69) is 10.2 Å². The highest BCUT2D eigenvalue weighted by molar-refractivity contribution is 5.66. The largest absolute Gasteiger partial charge is 0.481 e. The van der Waals surface area contributed by atoms with Gasteiger partial charge in [0.1, 0.15) is 0 Å². The fraction of sp³-hybridized carbons (Fsp3) is 0.308. The van der Waals surface area contributed by atoms with E-state index in [-0.39, 0.29) is 36.1 Å². The van der Waals surface area contributed by atoms with Crippen molar-refractivity contribution in [2.75, 3.05) is 0 Å². The summed E-state index contributed by atoms with van der Waals surface area (Å²) in [6, 6.07) is 1.75. The number of carbonyl (C=O) groups is 1. The molecule has 2 aromatic rings. The Morgan fingerprint density at radius 1 is 1.29 bits per heavy atom. The highest BCUT2D eigenvalue weighted by Gasteiger charge is 2.20. The Balaban J connectivity index is 2.20. The number of halogens is 3. The minimum atomic E-state index is -1.62. The molecule has 0 spiro atoms. The molecule has 0 bridgehead atoms. The van der Waals surface area contributed by atoms with Gasteiger partial charge in [0.2, 0.25) is 5.89 Å². The van der Waals surface area contributed by atoms with E-state index >= 15 is 0 Å². The summed E-state index contributed by atoms with van der Waals surface area (Å²) in [5.41, 5.74) is -0.349. The van der Waals surface area contributed by atoms with Gasteiger partial charge in [0.05, 0.1) is 5.56 Å². The molecule has 8 heteroatoms. The van der Waals surface area contributed by atoms with Gasteiger partial charge in [0.15, 0.2) is 17.5 Å². The molecule has 0 aliphatic carbocycles. The molecule has 1 aromatic carbocycles. The zero-order chi connectivity index (χ0) is 15.6. The maximum absolute atomic E-state index is 13.6. The second-order valence-corrected chi connectivity index (χ2v) is 4.63. The van der Waals surface area contributed by atoms with Crippen LogP contribution in [0, 0.1) is 23.4 Å². The first-order valence-corrected chi connectivity index (χ1v) is 6.06. The summed E-state index contributed by atoms with van der Waals surface area (Å²) in [5.74, 6) is -5.76. The highest BCUT2D eigenvalue weighted by atomic mass is 19.2. The van der Waals surface area contributed by atoms with E-state index in [9.17, 15) is 18.0 Å². The van der Waals surface area contributed by atoms with E-state index in [0.29, 0.717) is 0 Å². The first-order chi connectivity index (χ1) is 9.88. The lowest BCUT2D eigenvalue weighted by molar-refractivity contribution is -0.137. The Morgan fingerprint density at radius 3 is 2.67 bits per heavy atom. The van der Waals surface area contributed by atoms with Gasteiger partial charge < -0.3 is 9.52 Å². The number of carboxylic acid groups (broad SMARTS) is 1. The molecule has 5 nitrogen and oxygen atoms in total. The number of aliphatic carboxylic acids is 1. The Hall–Kier alpha value is -2.38. The molecule has 0 aliphatic heterocycles. The molecule has 1 aromatic heterocycles. The van der Waals surface area contributed by atoms with Gasteiger partial charge in [-0.1, -0.05) is 6.92 Å². The molecule has 1 atom stereocenters. The molecule has 0 amide bonds. The molecule has 1 heterocycles. The summed E-state index contributed by atoms with van der Waals surface area (Å²) in [5, 5.41) is 15.8. The quantitative estimate of drug-likeness (QED) is 0.859. The number of carboxylic acids is 1. The van der Waals surface area contributed by atoms with E-state index in [0.717, 1.165) is 12.1 Å². The highest BCUT2D eigenvalue weighted by Crippen LogP contribution is 2.25. The number of rotatable bonds is 5.